The number of benzene rings is 1. The number of rotatable bonds is 6. The molecule has 4 N–H and O–H groups in total. The second-order valence-electron chi connectivity index (χ2n) is 6.37. The maximum Gasteiger partial charge on any atom is 0.323 e. The average Bonchev–Trinajstić information content (AvgIpc) is 3.05. The van der Waals surface area contributed by atoms with Crippen molar-refractivity contribution >= 4 is 27.0 Å². The lowest BCUT2D eigenvalue weighted by Gasteiger charge is -2.34. The van der Waals surface area contributed by atoms with Gasteiger partial charge in [0.05, 0.1) is 28.5 Å². The molecule has 2 aromatic rings. The number of ether oxygens (including phenoxy) is 1. The van der Waals surface area contributed by atoms with E-state index in [0.717, 1.165) is 0 Å². The minimum absolute atomic E-state index is 0.101. The van der Waals surface area contributed by atoms with E-state index in [4.69, 9.17) is 10.5 Å². The topological polar surface area (TPSA) is 142 Å². The lowest BCUT2D eigenvalue weighted by molar-refractivity contribution is -0.134. The van der Waals surface area contributed by atoms with Gasteiger partial charge in [0.15, 0.2) is 0 Å². The summed E-state index contributed by atoms with van der Waals surface area (Å²) in [5.74, 6) is -0.101. The largest absolute Gasteiger partial charge is 0.380 e. The molecule has 11 heteroatoms. The fourth-order valence-corrected chi connectivity index (χ4v) is 4.53. The maximum atomic E-state index is 12.9. The van der Waals surface area contributed by atoms with Crippen LogP contribution in [-0.4, -0.2) is 79.4 Å². The van der Waals surface area contributed by atoms with E-state index in [1.807, 2.05) is 0 Å². The van der Waals surface area contributed by atoms with E-state index in [-0.39, 0.29) is 43.0 Å². The zero-order valence-electron chi connectivity index (χ0n) is 15.0. The Balaban J connectivity index is 1.68. The van der Waals surface area contributed by atoms with Crippen LogP contribution < -0.4 is 11.4 Å². The van der Waals surface area contributed by atoms with Crippen LogP contribution in [0.4, 0.5) is 0 Å². The predicted octanol–water partition coefficient (Wildman–Crippen LogP) is -0.947. The molecule has 1 aromatic heterocycles. The fourth-order valence-electron chi connectivity index (χ4n) is 3.09. The van der Waals surface area contributed by atoms with Crippen LogP contribution in [0.3, 0.4) is 0 Å². The summed E-state index contributed by atoms with van der Waals surface area (Å²) in [5.41, 5.74) is 6.12. The maximum absolute atomic E-state index is 12.9. The van der Waals surface area contributed by atoms with E-state index in [1.165, 1.54) is 23.5 Å². The Morgan fingerprint density at radius 2 is 1.89 bits per heavy atom. The van der Waals surface area contributed by atoms with Gasteiger partial charge >= 0.3 is 5.69 Å². The molecule has 1 saturated heterocycles. The number of nitrogens with two attached hydrogens (primary N) is 1. The summed E-state index contributed by atoms with van der Waals surface area (Å²) in [5, 5.41) is 0. The van der Waals surface area contributed by atoms with Gasteiger partial charge in [0, 0.05) is 39.8 Å². The first-order valence-electron chi connectivity index (χ1n) is 8.58. The Kier molecular flexibility index (Phi) is 5.65. The number of aromatic amines is 2. The van der Waals surface area contributed by atoms with Crippen molar-refractivity contribution in [3.63, 3.8) is 0 Å². The zero-order chi connectivity index (χ0) is 19.6. The highest BCUT2D eigenvalue weighted by Crippen LogP contribution is 2.21. The normalized spacial score (nSPS) is 17.3. The average molecular weight is 397 g/mol. The molecule has 1 unspecified atom stereocenters. The number of fused-ring (bicyclic) bond motifs is 1. The summed E-state index contributed by atoms with van der Waals surface area (Å²) in [6.45, 7) is 1.27. The van der Waals surface area contributed by atoms with E-state index >= 15 is 0 Å². The van der Waals surface area contributed by atoms with Crippen LogP contribution in [0.15, 0.2) is 27.9 Å². The molecule has 148 valence electrons. The number of H-pyrrole nitrogens is 2. The molecule has 1 fully saturated rings. The van der Waals surface area contributed by atoms with Crippen molar-refractivity contribution in [3.8, 4) is 0 Å². The molecule has 1 aromatic carbocycles. The van der Waals surface area contributed by atoms with E-state index in [9.17, 15) is 18.0 Å². The van der Waals surface area contributed by atoms with Crippen LogP contribution in [-0.2, 0) is 19.6 Å². The molecule has 3 rings (SSSR count). The molecule has 1 amide bonds. The quantitative estimate of drug-likeness (QED) is 0.574. The van der Waals surface area contributed by atoms with E-state index in [2.05, 4.69) is 9.97 Å². The van der Waals surface area contributed by atoms with E-state index in [1.54, 1.807) is 11.0 Å². The molecule has 1 atom stereocenters. The number of nitrogens with one attached hydrogen (secondary N) is 2. The van der Waals surface area contributed by atoms with Crippen molar-refractivity contribution in [1.82, 2.24) is 19.2 Å². The molecule has 0 radical (unpaired) electrons. The molecule has 0 bridgehead atoms. The molecule has 0 aliphatic carbocycles. The molecule has 1 aliphatic heterocycles. The summed E-state index contributed by atoms with van der Waals surface area (Å²) in [7, 11) is -2.21. The standard InChI is InChI=1S/C16H23N5O5S/c1-26-11(10-17)8-15(22)20-4-6-21(7-5-20)27(24,25)12-2-3-13-14(9-12)19-16(23)18-13/h2-3,9,11H,4-8,10,17H2,1H3,(H2,18,19,23). The number of piperazine rings is 1. The Hall–Kier alpha value is -2.21. The Labute approximate surface area is 156 Å². The van der Waals surface area contributed by atoms with Gasteiger partial charge in [0.1, 0.15) is 0 Å². The molecular weight excluding hydrogens is 374 g/mol. The van der Waals surface area contributed by atoms with Crippen molar-refractivity contribution in [3.05, 3.63) is 28.7 Å². The summed E-state index contributed by atoms with van der Waals surface area (Å²) in [4.78, 5) is 30.5. The van der Waals surface area contributed by atoms with Gasteiger partial charge in [-0.1, -0.05) is 0 Å². The van der Waals surface area contributed by atoms with Crippen molar-refractivity contribution < 1.29 is 17.9 Å². The number of carbonyl (C=O) groups excluding carboxylic acids is 1. The highest BCUT2D eigenvalue weighted by atomic mass is 32.2. The van der Waals surface area contributed by atoms with Gasteiger partial charge in [0.2, 0.25) is 15.9 Å². The first kappa shape index (κ1) is 19.5. The number of methoxy groups -OCH3 is 1. The number of carbonyl (C=O) groups is 1. The van der Waals surface area contributed by atoms with Crippen LogP contribution in [0, 0.1) is 0 Å². The molecular formula is C16H23N5O5S. The fraction of sp³-hybridized carbons (Fsp3) is 0.500. The first-order valence-corrected chi connectivity index (χ1v) is 10.0. The second kappa shape index (κ2) is 7.80. The van der Waals surface area contributed by atoms with Crippen molar-refractivity contribution in [2.45, 2.75) is 17.4 Å². The number of aromatic nitrogens is 2. The van der Waals surface area contributed by atoms with Crippen LogP contribution in [0.1, 0.15) is 6.42 Å². The van der Waals surface area contributed by atoms with Crippen LogP contribution >= 0.6 is 0 Å². The van der Waals surface area contributed by atoms with Crippen molar-refractivity contribution in [2.75, 3.05) is 39.8 Å². The summed E-state index contributed by atoms with van der Waals surface area (Å²) in [6.07, 6.45) is -0.161. The number of hydrogen-bond donors (Lipinski definition) is 3. The zero-order valence-corrected chi connectivity index (χ0v) is 15.8. The Morgan fingerprint density at radius 1 is 1.22 bits per heavy atom. The van der Waals surface area contributed by atoms with Crippen molar-refractivity contribution in [2.24, 2.45) is 5.73 Å². The highest BCUT2D eigenvalue weighted by Gasteiger charge is 2.30. The van der Waals surface area contributed by atoms with Gasteiger partial charge in [-0.2, -0.15) is 4.31 Å². The van der Waals surface area contributed by atoms with Gasteiger partial charge in [-0.05, 0) is 18.2 Å². The lowest BCUT2D eigenvalue weighted by Crippen LogP contribution is -2.51. The summed E-state index contributed by atoms with van der Waals surface area (Å²) < 4.78 is 32.2. The molecule has 10 nitrogen and oxygen atoms in total. The minimum Gasteiger partial charge on any atom is -0.380 e. The van der Waals surface area contributed by atoms with Crippen LogP contribution in [0.5, 0.6) is 0 Å². The predicted molar refractivity (Wildman–Crippen MR) is 98.7 cm³/mol. The third-order valence-corrected chi connectivity index (χ3v) is 6.61. The number of amides is 1. The SMILES string of the molecule is COC(CN)CC(=O)N1CCN(S(=O)(=O)c2ccc3[nH]c(=O)[nH]c3c2)CC1. The van der Waals surface area contributed by atoms with Gasteiger partial charge in [-0.3, -0.25) is 4.79 Å². The van der Waals surface area contributed by atoms with Crippen molar-refractivity contribution in [1.29, 1.82) is 0 Å². The van der Waals surface area contributed by atoms with E-state index < -0.39 is 15.7 Å². The first-order chi connectivity index (χ1) is 12.8. The Bertz CT molecular complexity index is 970. The third kappa shape index (κ3) is 4.05. The van der Waals surface area contributed by atoms with Gasteiger partial charge in [-0.15, -0.1) is 0 Å². The number of hydrogen-bond acceptors (Lipinski definition) is 6. The molecule has 1 aliphatic rings. The molecule has 0 saturated carbocycles. The molecule has 2 heterocycles. The Morgan fingerprint density at radius 3 is 2.52 bits per heavy atom. The monoisotopic (exact) mass is 397 g/mol. The molecule has 0 spiro atoms. The lowest BCUT2D eigenvalue weighted by atomic mass is 10.2. The van der Waals surface area contributed by atoms with Crippen LogP contribution in [0.2, 0.25) is 0 Å². The summed E-state index contributed by atoms with van der Waals surface area (Å²) >= 11 is 0. The summed E-state index contributed by atoms with van der Waals surface area (Å²) in [6, 6.07) is 4.45. The van der Waals surface area contributed by atoms with Crippen LogP contribution in [0.25, 0.3) is 11.0 Å². The minimum atomic E-state index is -3.71. The third-order valence-electron chi connectivity index (χ3n) is 4.72. The van der Waals surface area contributed by atoms with E-state index in [0.29, 0.717) is 24.1 Å². The van der Waals surface area contributed by atoms with Gasteiger partial charge in [0.25, 0.3) is 0 Å². The molecule has 27 heavy (non-hydrogen) atoms. The number of nitrogens with zero attached hydrogens (tertiary/aromatic N) is 2. The number of sulfonamides is 1. The number of imidazole rings is 1. The second-order valence-corrected chi connectivity index (χ2v) is 8.31. The highest BCUT2D eigenvalue weighted by molar-refractivity contribution is 7.89. The smallest absolute Gasteiger partial charge is 0.323 e. The van der Waals surface area contributed by atoms with Gasteiger partial charge in [-0.25, -0.2) is 13.2 Å². The van der Waals surface area contributed by atoms with Gasteiger partial charge < -0.3 is 25.3 Å².